The SMILES string of the molecule is CCCC(Oc1ccccc1)C(C)O. The van der Waals surface area contributed by atoms with Crippen molar-refractivity contribution in [2.75, 3.05) is 0 Å². The first-order chi connectivity index (χ1) is 6.74. The van der Waals surface area contributed by atoms with Gasteiger partial charge < -0.3 is 9.84 Å². The van der Waals surface area contributed by atoms with Crippen LogP contribution in [0, 0.1) is 0 Å². The molecule has 0 aliphatic carbocycles. The molecule has 14 heavy (non-hydrogen) atoms. The van der Waals surface area contributed by atoms with Crippen molar-refractivity contribution in [3.8, 4) is 5.75 Å². The summed E-state index contributed by atoms with van der Waals surface area (Å²) in [6, 6.07) is 9.63. The number of hydrogen-bond acceptors (Lipinski definition) is 2. The van der Waals surface area contributed by atoms with Crippen LogP contribution in [-0.2, 0) is 0 Å². The lowest BCUT2D eigenvalue weighted by Gasteiger charge is -2.21. The van der Waals surface area contributed by atoms with Crippen molar-refractivity contribution < 1.29 is 9.84 Å². The lowest BCUT2D eigenvalue weighted by molar-refractivity contribution is 0.0430. The molecule has 0 radical (unpaired) electrons. The van der Waals surface area contributed by atoms with Gasteiger partial charge in [0.05, 0.1) is 6.10 Å². The molecule has 0 bridgehead atoms. The molecule has 1 aromatic rings. The first-order valence-corrected chi connectivity index (χ1v) is 5.13. The van der Waals surface area contributed by atoms with Gasteiger partial charge in [0.2, 0.25) is 0 Å². The van der Waals surface area contributed by atoms with Gasteiger partial charge in [0.25, 0.3) is 0 Å². The van der Waals surface area contributed by atoms with E-state index in [2.05, 4.69) is 6.92 Å². The Morgan fingerprint density at radius 3 is 2.43 bits per heavy atom. The molecule has 1 aromatic carbocycles. The third-order valence-electron chi connectivity index (χ3n) is 2.14. The van der Waals surface area contributed by atoms with Crippen molar-refractivity contribution in [3.05, 3.63) is 30.3 Å². The minimum atomic E-state index is -0.421. The van der Waals surface area contributed by atoms with Gasteiger partial charge in [0, 0.05) is 0 Å². The molecule has 1 N–H and O–H groups in total. The van der Waals surface area contributed by atoms with E-state index in [9.17, 15) is 5.11 Å². The Morgan fingerprint density at radius 1 is 1.29 bits per heavy atom. The van der Waals surface area contributed by atoms with Crippen LogP contribution in [0.4, 0.5) is 0 Å². The molecule has 0 spiro atoms. The van der Waals surface area contributed by atoms with E-state index in [4.69, 9.17) is 4.74 Å². The first-order valence-electron chi connectivity index (χ1n) is 5.13. The van der Waals surface area contributed by atoms with Crippen molar-refractivity contribution >= 4 is 0 Å². The molecule has 0 aromatic heterocycles. The summed E-state index contributed by atoms with van der Waals surface area (Å²) in [5, 5.41) is 9.48. The largest absolute Gasteiger partial charge is 0.488 e. The predicted octanol–water partition coefficient (Wildman–Crippen LogP) is 2.61. The molecule has 0 heterocycles. The highest BCUT2D eigenvalue weighted by molar-refractivity contribution is 5.21. The second-order valence-corrected chi connectivity index (χ2v) is 3.50. The van der Waals surface area contributed by atoms with Gasteiger partial charge in [-0.2, -0.15) is 0 Å². The van der Waals surface area contributed by atoms with Gasteiger partial charge in [-0.3, -0.25) is 0 Å². The molecule has 0 amide bonds. The molecule has 1 rings (SSSR count). The zero-order valence-electron chi connectivity index (χ0n) is 8.81. The number of hydrogen-bond donors (Lipinski definition) is 1. The molecule has 2 nitrogen and oxygen atoms in total. The molecule has 0 aliphatic heterocycles. The van der Waals surface area contributed by atoms with Crippen LogP contribution in [0.3, 0.4) is 0 Å². The number of ether oxygens (including phenoxy) is 1. The summed E-state index contributed by atoms with van der Waals surface area (Å²) in [7, 11) is 0. The van der Waals surface area contributed by atoms with E-state index < -0.39 is 6.10 Å². The molecule has 0 fully saturated rings. The third kappa shape index (κ3) is 3.38. The zero-order chi connectivity index (χ0) is 10.4. The first kappa shape index (κ1) is 11.1. The van der Waals surface area contributed by atoms with Crippen LogP contribution < -0.4 is 4.74 Å². The predicted molar refractivity (Wildman–Crippen MR) is 57.4 cm³/mol. The quantitative estimate of drug-likeness (QED) is 0.780. The standard InChI is InChI=1S/C12H18O2/c1-3-7-12(10(2)13)14-11-8-5-4-6-9-11/h4-6,8-10,12-13H,3,7H2,1-2H3. The monoisotopic (exact) mass is 194 g/mol. The fourth-order valence-corrected chi connectivity index (χ4v) is 1.36. The molecule has 2 heteroatoms. The minimum absolute atomic E-state index is 0.0950. The van der Waals surface area contributed by atoms with E-state index in [-0.39, 0.29) is 6.10 Å². The smallest absolute Gasteiger partial charge is 0.124 e. The van der Waals surface area contributed by atoms with Crippen molar-refractivity contribution in [3.63, 3.8) is 0 Å². The maximum absolute atomic E-state index is 9.48. The van der Waals surface area contributed by atoms with Crippen LogP contribution in [-0.4, -0.2) is 17.3 Å². The Labute approximate surface area is 85.5 Å². The zero-order valence-corrected chi connectivity index (χ0v) is 8.81. The summed E-state index contributed by atoms with van der Waals surface area (Å²) in [6.07, 6.45) is 1.38. The highest BCUT2D eigenvalue weighted by Gasteiger charge is 2.15. The highest BCUT2D eigenvalue weighted by Crippen LogP contribution is 2.15. The van der Waals surface area contributed by atoms with E-state index in [0.29, 0.717) is 0 Å². The maximum Gasteiger partial charge on any atom is 0.124 e. The highest BCUT2D eigenvalue weighted by atomic mass is 16.5. The topological polar surface area (TPSA) is 29.5 Å². The molecule has 2 unspecified atom stereocenters. The third-order valence-corrected chi connectivity index (χ3v) is 2.14. The molecule has 0 aliphatic rings. The number of benzene rings is 1. The Bertz CT molecular complexity index is 244. The lowest BCUT2D eigenvalue weighted by Crippen LogP contribution is -2.29. The van der Waals surface area contributed by atoms with Crippen LogP contribution >= 0.6 is 0 Å². The van der Waals surface area contributed by atoms with Crippen molar-refractivity contribution in [1.29, 1.82) is 0 Å². The van der Waals surface area contributed by atoms with Gasteiger partial charge in [-0.05, 0) is 25.5 Å². The summed E-state index contributed by atoms with van der Waals surface area (Å²) in [5.74, 6) is 0.826. The summed E-state index contributed by atoms with van der Waals surface area (Å²) >= 11 is 0. The van der Waals surface area contributed by atoms with E-state index in [0.717, 1.165) is 18.6 Å². The second-order valence-electron chi connectivity index (χ2n) is 3.50. The number of para-hydroxylation sites is 1. The Hall–Kier alpha value is -1.02. The van der Waals surface area contributed by atoms with Gasteiger partial charge in [0.1, 0.15) is 11.9 Å². The average Bonchev–Trinajstić information content (AvgIpc) is 2.18. The van der Waals surface area contributed by atoms with Crippen molar-refractivity contribution in [2.24, 2.45) is 0 Å². The van der Waals surface area contributed by atoms with Crippen LogP contribution in [0.5, 0.6) is 5.75 Å². The molecular formula is C12H18O2. The normalized spacial score (nSPS) is 14.8. The number of aliphatic hydroxyl groups is 1. The molecule has 2 atom stereocenters. The fraction of sp³-hybridized carbons (Fsp3) is 0.500. The van der Waals surface area contributed by atoms with Crippen LogP contribution in [0.15, 0.2) is 30.3 Å². The number of aliphatic hydroxyl groups excluding tert-OH is 1. The van der Waals surface area contributed by atoms with Crippen LogP contribution in [0.1, 0.15) is 26.7 Å². The van der Waals surface area contributed by atoms with E-state index in [1.807, 2.05) is 30.3 Å². The summed E-state index contributed by atoms with van der Waals surface area (Å²) < 4.78 is 5.67. The van der Waals surface area contributed by atoms with Gasteiger partial charge in [0.15, 0.2) is 0 Å². The van der Waals surface area contributed by atoms with Crippen molar-refractivity contribution in [1.82, 2.24) is 0 Å². The van der Waals surface area contributed by atoms with Crippen molar-refractivity contribution in [2.45, 2.75) is 38.9 Å². The minimum Gasteiger partial charge on any atom is -0.488 e. The molecular weight excluding hydrogens is 176 g/mol. The second kappa shape index (κ2) is 5.66. The van der Waals surface area contributed by atoms with Gasteiger partial charge >= 0.3 is 0 Å². The fourth-order valence-electron chi connectivity index (χ4n) is 1.36. The van der Waals surface area contributed by atoms with E-state index >= 15 is 0 Å². The molecule has 0 saturated carbocycles. The number of rotatable bonds is 5. The lowest BCUT2D eigenvalue weighted by atomic mass is 10.1. The van der Waals surface area contributed by atoms with E-state index in [1.165, 1.54) is 0 Å². The van der Waals surface area contributed by atoms with Crippen LogP contribution in [0.25, 0.3) is 0 Å². The van der Waals surface area contributed by atoms with E-state index in [1.54, 1.807) is 6.92 Å². The maximum atomic E-state index is 9.48. The average molecular weight is 194 g/mol. The Balaban J connectivity index is 2.55. The van der Waals surface area contributed by atoms with Gasteiger partial charge in [-0.1, -0.05) is 31.5 Å². The van der Waals surface area contributed by atoms with Crippen LogP contribution in [0.2, 0.25) is 0 Å². The molecule has 0 saturated heterocycles. The summed E-state index contributed by atoms with van der Waals surface area (Å²) in [5.41, 5.74) is 0. The van der Waals surface area contributed by atoms with Gasteiger partial charge in [-0.25, -0.2) is 0 Å². The summed E-state index contributed by atoms with van der Waals surface area (Å²) in [6.45, 7) is 3.85. The molecule has 78 valence electrons. The van der Waals surface area contributed by atoms with Gasteiger partial charge in [-0.15, -0.1) is 0 Å². The Morgan fingerprint density at radius 2 is 1.93 bits per heavy atom. The summed E-state index contributed by atoms with van der Waals surface area (Å²) in [4.78, 5) is 0. The Kier molecular flexibility index (Phi) is 4.47.